The van der Waals surface area contributed by atoms with Crippen molar-refractivity contribution < 1.29 is 13.5 Å². The van der Waals surface area contributed by atoms with E-state index in [0.717, 1.165) is 19.3 Å². The molecule has 1 aliphatic rings. The molecule has 21 heavy (non-hydrogen) atoms. The number of nitrogen functional groups attached to an aromatic ring is 1. The average Bonchev–Trinajstić information content (AvgIpc) is 2.92. The number of benzene rings is 1. The summed E-state index contributed by atoms with van der Waals surface area (Å²) in [5.74, 6) is 0.290. The Kier molecular flexibility index (Phi) is 4.83. The van der Waals surface area contributed by atoms with Crippen molar-refractivity contribution in [2.45, 2.75) is 24.2 Å². The fourth-order valence-electron chi connectivity index (χ4n) is 2.79. The number of aliphatic hydroxyl groups excluding tert-OH is 1. The summed E-state index contributed by atoms with van der Waals surface area (Å²) < 4.78 is 27.2. The number of sulfonamides is 1. The zero-order chi connectivity index (χ0) is 15.5. The molecule has 0 spiro atoms. The number of aliphatic hydroxyl groups is 1. The second kappa shape index (κ2) is 6.43. The first kappa shape index (κ1) is 15.8. The second-order valence-corrected chi connectivity index (χ2v) is 7.09. The van der Waals surface area contributed by atoms with Gasteiger partial charge in [0.05, 0.1) is 10.5 Å². The molecule has 0 aromatic heterocycles. The Balaban J connectivity index is 2.14. The number of anilines is 1. The molecule has 1 aliphatic carbocycles. The predicted molar refractivity (Wildman–Crippen MR) is 78.7 cm³/mol. The molecule has 0 heterocycles. The van der Waals surface area contributed by atoms with Gasteiger partial charge in [0, 0.05) is 18.8 Å². The molecule has 2 unspecified atom stereocenters. The number of nitrogens with one attached hydrogen (secondary N) is 1. The van der Waals surface area contributed by atoms with Crippen LogP contribution in [0.2, 0.25) is 0 Å². The maximum absolute atomic E-state index is 12.3. The van der Waals surface area contributed by atoms with E-state index in [2.05, 4.69) is 4.72 Å². The molecule has 2 rings (SSSR count). The zero-order valence-electron chi connectivity index (χ0n) is 11.6. The van der Waals surface area contributed by atoms with Crippen molar-refractivity contribution in [3.63, 3.8) is 0 Å². The topological polar surface area (TPSA) is 116 Å². The van der Waals surface area contributed by atoms with Crippen LogP contribution in [0.4, 0.5) is 5.69 Å². The Labute approximate surface area is 124 Å². The van der Waals surface area contributed by atoms with E-state index in [-0.39, 0.29) is 35.4 Å². The van der Waals surface area contributed by atoms with Crippen LogP contribution in [0, 0.1) is 23.2 Å². The second-order valence-electron chi connectivity index (χ2n) is 5.35. The lowest BCUT2D eigenvalue weighted by Gasteiger charge is -2.18. The van der Waals surface area contributed by atoms with Gasteiger partial charge < -0.3 is 10.8 Å². The molecule has 0 amide bonds. The lowest BCUT2D eigenvalue weighted by atomic mass is 9.97. The van der Waals surface area contributed by atoms with Gasteiger partial charge in [-0.3, -0.25) is 0 Å². The third-order valence-electron chi connectivity index (χ3n) is 4.00. The summed E-state index contributed by atoms with van der Waals surface area (Å²) in [6, 6.07) is 6.00. The molecule has 7 heteroatoms. The van der Waals surface area contributed by atoms with Crippen molar-refractivity contribution >= 4 is 15.7 Å². The van der Waals surface area contributed by atoms with E-state index in [4.69, 9.17) is 11.0 Å². The van der Waals surface area contributed by atoms with Crippen LogP contribution in [-0.2, 0) is 10.0 Å². The van der Waals surface area contributed by atoms with Gasteiger partial charge in [0.2, 0.25) is 10.0 Å². The molecule has 1 saturated carbocycles. The van der Waals surface area contributed by atoms with Gasteiger partial charge in [0.25, 0.3) is 0 Å². The summed E-state index contributed by atoms with van der Waals surface area (Å²) in [7, 11) is -3.75. The largest absolute Gasteiger partial charge is 0.399 e. The summed E-state index contributed by atoms with van der Waals surface area (Å²) in [5, 5.41) is 18.3. The quantitative estimate of drug-likeness (QED) is 0.697. The van der Waals surface area contributed by atoms with Crippen LogP contribution in [-0.4, -0.2) is 26.7 Å². The van der Waals surface area contributed by atoms with Crippen molar-refractivity contribution in [1.29, 1.82) is 5.26 Å². The standard InChI is InChI=1S/C14H19N3O3S/c15-7-12-6-13(16)4-5-14(12)21(19,20)17-8-10-2-1-3-11(10)9-18/h4-6,10-11,17-18H,1-3,8-9,16H2. The molecule has 114 valence electrons. The minimum absolute atomic E-state index is 0.0348. The summed E-state index contributed by atoms with van der Waals surface area (Å²) >= 11 is 0. The maximum Gasteiger partial charge on any atom is 0.241 e. The first-order valence-corrected chi connectivity index (χ1v) is 8.36. The van der Waals surface area contributed by atoms with Crippen LogP contribution >= 0.6 is 0 Å². The van der Waals surface area contributed by atoms with Gasteiger partial charge in [-0.25, -0.2) is 13.1 Å². The normalized spacial score (nSPS) is 22.1. The van der Waals surface area contributed by atoms with Crippen LogP contribution in [0.5, 0.6) is 0 Å². The van der Waals surface area contributed by atoms with E-state index >= 15 is 0 Å². The highest BCUT2D eigenvalue weighted by Crippen LogP contribution is 2.31. The van der Waals surface area contributed by atoms with Crippen molar-refractivity contribution in [2.75, 3.05) is 18.9 Å². The number of hydrogen-bond acceptors (Lipinski definition) is 5. The van der Waals surface area contributed by atoms with Crippen LogP contribution in [0.15, 0.2) is 23.1 Å². The van der Waals surface area contributed by atoms with E-state index in [1.54, 1.807) is 0 Å². The summed E-state index contributed by atoms with van der Waals surface area (Å²) in [6.45, 7) is 0.362. The predicted octanol–water partition coefficient (Wildman–Crippen LogP) is 0.827. The molecule has 0 aliphatic heterocycles. The number of nitrogens with two attached hydrogens (primary N) is 1. The van der Waals surface area contributed by atoms with Crippen molar-refractivity contribution in [1.82, 2.24) is 4.72 Å². The first-order chi connectivity index (χ1) is 9.97. The smallest absolute Gasteiger partial charge is 0.241 e. The maximum atomic E-state index is 12.3. The third-order valence-corrected chi connectivity index (χ3v) is 5.48. The molecular formula is C14H19N3O3S. The van der Waals surface area contributed by atoms with Crippen LogP contribution in [0.1, 0.15) is 24.8 Å². The number of nitrogens with zero attached hydrogens (tertiary/aromatic N) is 1. The Bertz CT molecular complexity index is 652. The molecule has 4 N–H and O–H groups in total. The fraction of sp³-hybridized carbons (Fsp3) is 0.500. The molecule has 0 saturated heterocycles. The Morgan fingerprint density at radius 3 is 2.76 bits per heavy atom. The SMILES string of the molecule is N#Cc1cc(N)ccc1S(=O)(=O)NCC1CCCC1CO. The van der Waals surface area contributed by atoms with Crippen LogP contribution in [0.3, 0.4) is 0 Å². The first-order valence-electron chi connectivity index (χ1n) is 6.88. The lowest BCUT2D eigenvalue weighted by Crippen LogP contribution is -2.32. The van der Waals surface area contributed by atoms with Gasteiger partial charge >= 0.3 is 0 Å². The van der Waals surface area contributed by atoms with Gasteiger partial charge in [0.15, 0.2) is 0 Å². The Morgan fingerprint density at radius 1 is 1.38 bits per heavy atom. The fourth-order valence-corrected chi connectivity index (χ4v) is 4.02. The average molecular weight is 309 g/mol. The van der Waals surface area contributed by atoms with E-state index in [1.807, 2.05) is 6.07 Å². The van der Waals surface area contributed by atoms with Crippen LogP contribution < -0.4 is 10.5 Å². The third kappa shape index (κ3) is 3.53. The van der Waals surface area contributed by atoms with Gasteiger partial charge in [-0.2, -0.15) is 5.26 Å². The molecule has 2 atom stereocenters. The van der Waals surface area contributed by atoms with Gasteiger partial charge in [-0.15, -0.1) is 0 Å². The van der Waals surface area contributed by atoms with E-state index in [0.29, 0.717) is 5.69 Å². The number of nitriles is 1. The van der Waals surface area contributed by atoms with Gasteiger partial charge in [0.1, 0.15) is 6.07 Å². The van der Waals surface area contributed by atoms with Crippen molar-refractivity contribution in [2.24, 2.45) is 11.8 Å². The Morgan fingerprint density at radius 2 is 2.10 bits per heavy atom. The minimum Gasteiger partial charge on any atom is -0.399 e. The monoisotopic (exact) mass is 309 g/mol. The molecular weight excluding hydrogens is 290 g/mol. The molecule has 0 radical (unpaired) electrons. The number of hydrogen-bond donors (Lipinski definition) is 3. The summed E-state index contributed by atoms with van der Waals surface area (Å²) in [6.07, 6.45) is 2.83. The Hall–Kier alpha value is -1.62. The van der Waals surface area contributed by atoms with Crippen molar-refractivity contribution in [3.05, 3.63) is 23.8 Å². The summed E-state index contributed by atoms with van der Waals surface area (Å²) in [5.41, 5.74) is 5.95. The van der Waals surface area contributed by atoms with Gasteiger partial charge in [-0.1, -0.05) is 6.42 Å². The van der Waals surface area contributed by atoms with Gasteiger partial charge in [-0.05, 0) is 42.9 Å². The zero-order valence-corrected chi connectivity index (χ0v) is 12.4. The summed E-state index contributed by atoms with van der Waals surface area (Å²) in [4.78, 5) is -0.0576. The highest BCUT2D eigenvalue weighted by atomic mass is 32.2. The number of rotatable bonds is 5. The highest BCUT2D eigenvalue weighted by Gasteiger charge is 2.28. The van der Waals surface area contributed by atoms with E-state index < -0.39 is 10.0 Å². The highest BCUT2D eigenvalue weighted by molar-refractivity contribution is 7.89. The van der Waals surface area contributed by atoms with E-state index in [1.165, 1.54) is 18.2 Å². The molecule has 1 fully saturated rings. The molecule has 1 aromatic carbocycles. The molecule has 1 aromatic rings. The molecule has 0 bridgehead atoms. The molecule has 6 nitrogen and oxygen atoms in total. The lowest BCUT2D eigenvalue weighted by molar-refractivity contribution is 0.195. The van der Waals surface area contributed by atoms with Crippen molar-refractivity contribution in [3.8, 4) is 6.07 Å². The minimum atomic E-state index is -3.75. The van der Waals surface area contributed by atoms with Crippen LogP contribution in [0.25, 0.3) is 0 Å². The van der Waals surface area contributed by atoms with E-state index in [9.17, 15) is 13.5 Å².